The van der Waals surface area contributed by atoms with Crippen molar-refractivity contribution in [3.05, 3.63) is 29.3 Å². The molecule has 0 aromatic heterocycles. The van der Waals surface area contributed by atoms with Crippen LogP contribution in [-0.2, 0) is 4.79 Å². The van der Waals surface area contributed by atoms with Crippen molar-refractivity contribution in [1.82, 2.24) is 10.2 Å². The van der Waals surface area contributed by atoms with E-state index in [2.05, 4.69) is 5.32 Å². The van der Waals surface area contributed by atoms with Gasteiger partial charge in [-0.25, -0.2) is 4.90 Å². The molecule has 2 heterocycles. The smallest absolute Gasteiger partial charge is 0.270 e. The number of imide groups is 3. The molecule has 1 aromatic rings. The molecule has 3 rings (SSSR count). The molecule has 3 N–H and O–H groups in total. The maximum Gasteiger partial charge on any atom is 0.270 e. The first-order valence-electron chi connectivity index (χ1n) is 6.66. The van der Waals surface area contributed by atoms with E-state index in [1.165, 1.54) is 6.07 Å². The molecule has 1 atom stereocenters. The molecule has 0 radical (unpaired) electrons. The van der Waals surface area contributed by atoms with Gasteiger partial charge in [0.05, 0.1) is 17.2 Å². The Bertz CT molecular complexity index is 606. The Hall–Kier alpha value is -2.21. The van der Waals surface area contributed by atoms with Crippen LogP contribution >= 0.6 is 0 Å². The van der Waals surface area contributed by atoms with Crippen LogP contribution in [0.5, 0.6) is 0 Å². The molecule has 6 heteroatoms. The molecule has 0 saturated carbocycles. The highest BCUT2D eigenvalue weighted by molar-refractivity contribution is 6.31. The van der Waals surface area contributed by atoms with Crippen LogP contribution in [0.2, 0.25) is 0 Å². The number of hydrogen-bond acceptors (Lipinski definition) is 5. The number of rotatable bonds is 1. The summed E-state index contributed by atoms with van der Waals surface area (Å²) in [6.07, 6.45) is 2.55. The minimum absolute atomic E-state index is 0.140. The number of hydrogen-bond donors (Lipinski definition) is 2. The second kappa shape index (κ2) is 4.72. The molecule has 20 heavy (non-hydrogen) atoms. The molecule has 0 bridgehead atoms. The SMILES string of the molecule is Nc1cccc2c1C(=O)N(C(=O)C1CCCCN1)C2=O. The first kappa shape index (κ1) is 12.8. The number of anilines is 1. The monoisotopic (exact) mass is 273 g/mol. The number of benzene rings is 1. The maximum atomic E-state index is 12.4. The van der Waals surface area contributed by atoms with Gasteiger partial charge in [-0.1, -0.05) is 12.5 Å². The van der Waals surface area contributed by atoms with Gasteiger partial charge in [-0.05, 0) is 31.5 Å². The number of piperidine rings is 1. The lowest BCUT2D eigenvalue weighted by atomic mass is 10.0. The molecule has 3 amide bonds. The molecule has 0 aliphatic carbocycles. The van der Waals surface area contributed by atoms with Crippen LogP contribution in [-0.4, -0.2) is 35.2 Å². The predicted octanol–water partition coefficient (Wildman–Crippen LogP) is 0.533. The molecular formula is C14H15N3O3. The highest BCUT2D eigenvalue weighted by atomic mass is 16.2. The summed E-state index contributed by atoms with van der Waals surface area (Å²) in [4.78, 5) is 37.6. The summed E-state index contributed by atoms with van der Waals surface area (Å²) < 4.78 is 0. The fourth-order valence-electron chi connectivity index (χ4n) is 2.73. The van der Waals surface area contributed by atoms with Gasteiger partial charge in [0.15, 0.2) is 0 Å². The number of nitrogen functional groups attached to an aromatic ring is 1. The van der Waals surface area contributed by atoms with Gasteiger partial charge in [0.1, 0.15) is 0 Å². The van der Waals surface area contributed by atoms with E-state index in [0.29, 0.717) is 6.42 Å². The van der Waals surface area contributed by atoms with Gasteiger partial charge in [0, 0.05) is 5.69 Å². The number of carbonyl (C=O) groups excluding carboxylic acids is 3. The van der Waals surface area contributed by atoms with Gasteiger partial charge >= 0.3 is 0 Å². The van der Waals surface area contributed by atoms with Gasteiger partial charge in [0.25, 0.3) is 17.7 Å². The van der Waals surface area contributed by atoms with E-state index in [0.717, 1.165) is 24.3 Å². The Morgan fingerprint density at radius 2 is 2.05 bits per heavy atom. The summed E-state index contributed by atoms with van der Waals surface area (Å²) >= 11 is 0. The summed E-state index contributed by atoms with van der Waals surface area (Å²) in [5, 5.41) is 3.05. The first-order valence-corrected chi connectivity index (χ1v) is 6.66. The maximum absolute atomic E-state index is 12.4. The molecule has 104 valence electrons. The topological polar surface area (TPSA) is 92.5 Å². The van der Waals surface area contributed by atoms with Crippen molar-refractivity contribution in [2.75, 3.05) is 12.3 Å². The average molecular weight is 273 g/mol. The van der Waals surface area contributed by atoms with Crippen LogP contribution in [0.15, 0.2) is 18.2 Å². The standard InChI is InChI=1S/C14H15N3O3/c15-9-5-3-4-8-11(9)14(20)17(12(8)18)13(19)10-6-1-2-7-16-10/h3-5,10,16H,1-2,6-7,15H2. The molecular weight excluding hydrogens is 258 g/mol. The fraction of sp³-hybridized carbons (Fsp3) is 0.357. The van der Waals surface area contributed by atoms with Crippen molar-refractivity contribution in [3.8, 4) is 0 Å². The van der Waals surface area contributed by atoms with E-state index in [4.69, 9.17) is 5.73 Å². The molecule has 1 fully saturated rings. The zero-order chi connectivity index (χ0) is 14.3. The number of nitrogens with two attached hydrogens (primary N) is 1. The fourth-order valence-corrected chi connectivity index (χ4v) is 2.73. The summed E-state index contributed by atoms with van der Waals surface area (Å²) in [6.45, 7) is 0.724. The lowest BCUT2D eigenvalue weighted by Gasteiger charge is -2.25. The molecule has 2 aliphatic rings. The third kappa shape index (κ3) is 1.80. The molecule has 1 aromatic carbocycles. The van der Waals surface area contributed by atoms with Crippen LogP contribution in [0, 0.1) is 0 Å². The van der Waals surface area contributed by atoms with Crippen LogP contribution in [0.3, 0.4) is 0 Å². The van der Waals surface area contributed by atoms with E-state index < -0.39 is 23.8 Å². The van der Waals surface area contributed by atoms with E-state index in [9.17, 15) is 14.4 Å². The molecule has 0 spiro atoms. The summed E-state index contributed by atoms with van der Waals surface area (Å²) in [7, 11) is 0. The number of nitrogens with one attached hydrogen (secondary N) is 1. The van der Waals surface area contributed by atoms with Crippen molar-refractivity contribution in [3.63, 3.8) is 0 Å². The van der Waals surface area contributed by atoms with Crippen LogP contribution < -0.4 is 11.1 Å². The second-order valence-electron chi connectivity index (χ2n) is 5.06. The predicted molar refractivity (Wildman–Crippen MR) is 72.0 cm³/mol. The third-order valence-corrected chi connectivity index (χ3v) is 3.78. The lowest BCUT2D eigenvalue weighted by molar-refractivity contribution is -0.129. The van der Waals surface area contributed by atoms with Crippen LogP contribution in [0.1, 0.15) is 40.0 Å². The van der Waals surface area contributed by atoms with Gasteiger partial charge in [-0.2, -0.15) is 0 Å². The minimum atomic E-state index is -0.611. The molecule has 1 saturated heterocycles. The highest BCUT2D eigenvalue weighted by Gasteiger charge is 2.43. The van der Waals surface area contributed by atoms with Crippen molar-refractivity contribution in [1.29, 1.82) is 0 Å². The number of fused-ring (bicyclic) bond motifs is 1. The largest absolute Gasteiger partial charge is 0.398 e. The Morgan fingerprint density at radius 3 is 2.70 bits per heavy atom. The second-order valence-corrected chi connectivity index (χ2v) is 5.06. The van der Waals surface area contributed by atoms with Gasteiger partial charge in [-0.15, -0.1) is 0 Å². The summed E-state index contributed by atoms with van der Waals surface area (Å²) in [6, 6.07) is 4.21. The van der Waals surface area contributed by atoms with Gasteiger partial charge < -0.3 is 11.1 Å². The molecule has 1 unspecified atom stereocenters. The van der Waals surface area contributed by atoms with Crippen molar-refractivity contribution < 1.29 is 14.4 Å². The first-order chi connectivity index (χ1) is 9.61. The van der Waals surface area contributed by atoms with E-state index in [1.54, 1.807) is 12.1 Å². The van der Waals surface area contributed by atoms with Gasteiger partial charge in [0.2, 0.25) is 0 Å². The molecule has 2 aliphatic heterocycles. The number of carbonyl (C=O) groups is 3. The molecule has 6 nitrogen and oxygen atoms in total. The minimum Gasteiger partial charge on any atom is -0.398 e. The zero-order valence-corrected chi connectivity index (χ0v) is 10.9. The van der Waals surface area contributed by atoms with E-state index in [1.807, 2.05) is 0 Å². The Labute approximate surface area is 115 Å². The van der Waals surface area contributed by atoms with E-state index in [-0.39, 0.29) is 16.8 Å². The zero-order valence-electron chi connectivity index (χ0n) is 10.9. The lowest BCUT2D eigenvalue weighted by Crippen LogP contribution is -2.50. The average Bonchev–Trinajstić information content (AvgIpc) is 2.72. The highest BCUT2D eigenvalue weighted by Crippen LogP contribution is 2.28. The quantitative estimate of drug-likeness (QED) is 0.575. The van der Waals surface area contributed by atoms with Gasteiger partial charge in [-0.3, -0.25) is 14.4 Å². The number of nitrogens with zero attached hydrogens (tertiary/aromatic N) is 1. The number of amides is 3. The Morgan fingerprint density at radius 1 is 1.25 bits per heavy atom. The summed E-state index contributed by atoms with van der Waals surface area (Å²) in [5.74, 6) is -1.66. The van der Waals surface area contributed by atoms with E-state index >= 15 is 0 Å². The Balaban J connectivity index is 1.93. The normalized spacial score (nSPS) is 22.0. The van der Waals surface area contributed by atoms with Crippen molar-refractivity contribution >= 4 is 23.4 Å². The summed E-state index contributed by atoms with van der Waals surface area (Å²) in [5.41, 5.74) is 6.32. The third-order valence-electron chi connectivity index (χ3n) is 3.78. The van der Waals surface area contributed by atoms with Crippen LogP contribution in [0.25, 0.3) is 0 Å². The van der Waals surface area contributed by atoms with Crippen molar-refractivity contribution in [2.24, 2.45) is 0 Å². The van der Waals surface area contributed by atoms with Crippen molar-refractivity contribution in [2.45, 2.75) is 25.3 Å². The van der Waals surface area contributed by atoms with Crippen LogP contribution in [0.4, 0.5) is 5.69 Å². The Kier molecular flexibility index (Phi) is 3.02.